The Kier molecular flexibility index (Phi) is 8.39. The average molecular weight is 348 g/mol. The molecule has 1 aromatic rings. The fourth-order valence-electron chi connectivity index (χ4n) is 3.10. The van der Waals surface area contributed by atoms with Crippen LogP contribution in [0.4, 0.5) is 0 Å². The normalized spacial score (nSPS) is 15.7. The van der Waals surface area contributed by atoms with Crippen LogP contribution in [0.25, 0.3) is 0 Å². The molecule has 140 valence electrons. The second kappa shape index (κ2) is 10.8. The van der Waals surface area contributed by atoms with Crippen molar-refractivity contribution in [2.75, 3.05) is 46.9 Å². The highest BCUT2D eigenvalue weighted by molar-refractivity contribution is 5.79. The Morgan fingerprint density at radius 3 is 2.60 bits per heavy atom. The number of hydrogen-bond acceptors (Lipinski definition) is 4. The Hall–Kier alpha value is -1.95. The molecule has 0 atom stereocenters. The molecule has 2 rings (SSSR count). The van der Waals surface area contributed by atoms with Crippen LogP contribution in [0, 0.1) is 0 Å². The molecule has 0 bridgehead atoms. The van der Waals surface area contributed by atoms with Gasteiger partial charge in [-0.1, -0.05) is 18.6 Å². The highest BCUT2D eigenvalue weighted by atomic mass is 16.5. The SMILES string of the molecule is CCNC(=NCc1cccc(OC)c1OC)NCCN1CCCCC1. The number of nitrogens with zero attached hydrogens (tertiary/aromatic N) is 2. The van der Waals surface area contributed by atoms with Gasteiger partial charge in [0.1, 0.15) is 0 Å². The molecule has 0 aliphatic carbocycles. The highest BCUT2D eigenvalue weighted by Crippen LogP contribution is 2.30. The van der Waals surface area contributed by atoms with Crippen LogP contribution in [0.1, 0.15) is 31.7 Å². The van der Waals surface area contributed by atoms with Gasteiger partial charge in [0.05, 0.1) is 20.8 Å². The predicted molar refractivity (Wildman–Crippen MR) is 103 cm³/mol. The third-order valence-corrected chi connectivity index (χ3v) is 4.41. The highest BCUT2D eigenvalue weighted by Gasteiger charge is 2.11. The molecule has 1 aliphatic heterocycles. The number of methoxy groups -OCH3 is 2. The number of ether oxygens (including phenoxy) is 2. The summed E-state index contributed by atoms with van der Waals surface area (Å²) in [7, 11) is 3.31. The van der Waals surface area contributed by atoms with Gasteiger partial charge in [-0.15, -0.1) is 0 Å². The van der Waals surface area contributed by atoms with Crippen LogP contribution < -0.4 is 20.1 Å². The number of rotatable bonds is 8. The molecular weight excluding hydrogens is 316 g/mol. The number of hydrogen-bond donors (Lipinski definition) is 2. The molecule has 0 unspecified atom stereocenters. The third kappa shape index (κ3) is 6.12. The molecular formula is C19H32N4O2. The van der Waals surface area contributed by atoms with Crippen molar-refractivity contribution < 1.29 is 9.47 Å². The second-order valence-corrected chi connectivity index (χ2v) is 6.18. The van der Waals surface area contributed by atoms with Gasteiger partial charge >= 0.3 is 0 Å². The molecule has 0 amide bonds. The maximum absolute atomic E-state index is 5.48. The lowest BCUT2D eigenvalue weighted by molar-refractivity contribution is 0.232. The van der Waals surface area contributed by atoms with E-state index in [0.29, 0.717) is 6.54 Å². The summed E-state index contributed by atoms with van der Waals surface area (Å²) in [6.07, 6.45) is 4.02. The van der Waals surface area contributed by atoms with Crippen LogP contribution in [0.15, 0.2) is 23.2 Å². The van der Waals surface area contributed by atoms with E-state index >= 15 is 0 Å². The van der Waals surface area contributed by atoms with E-state index in [9.17, 15) is 0 Å². The van der Waals surface area contributed by atoms with Crippen molar-refractivity contribution in [3.8, 4) is 11.5 Å². The Morgan fingerprint density at radius 1 is 1.12 bits per heavy atom. The van der Waals surface area contributed by atoms with Crippen LogP contribution in [-0.2, 0) is 6.54 Å². The standard InChI is InChI=1S/C19H32N4O2/c1-4-20-19(21-11-14-23-12-6-5-7-13-23)22-15-16-9-8-10-17(24-2)18(16)25-3/h8-10H,4-7,11-15H2,1-3H3,(H2,20,21,22). The van der Waals surface area contributed by atoms with Crippen molar-refractivity contribution in [2.45, 2.75) is 32.7 Å². The predicted octanol–water partition coefficient (Wildman–Crippen LogP) is 2.24. The van der Waals surface area contributed by atoms with Gasteiger partial charge in [-0.25, -0.2) is 4.99 Å². The molecule has 6 heteroatoms. The lowest BCUT2D eigenvalue weighted by Crippen LogP contribution is -2.42. The summed E-state index contributed by atoms with van der Waals surface area (Å²) in [5, 5.41) is 6.73. The number of para-hydroxylation sites is 1. The van der Waals surface area contributed by atoms with Crippen molar-refractivity contribution in [2.24, 2.45) is 4.99 Å². The Morgan fingerprint density at radius 2 is 1.92 bits per heavy atom. The van der Waals surface area contributed by atoms with Crippen molar-refractivity contribution in [3.63, 3.8) is 0 Å². The quantitative estimate of drug-likeness (QED) is 0.557. The number of aliphatic imine (C=N–C) groups is 1. The van der Waals surface area contributed by atoms with Gasteiger partial charge < -0.3 is 25.0 Å². The minimum atomic E-state index is 0.541. The number of nitrogens with one attached hydrogen (secondary N) is 2. The molecule has 1 fully saturated rings. The van der Waals surface area contributed by atoms with Gasteiger partial charge in [0.15, 0.2) is 17.5 Å². The van der Waals surface area contributed by atoms with Gasteiger partial charge in [0.25, 0.3) is 0 Å². The molecule has 2 N–H and O–H groups in total. The molecule has 0 radical (unpaired) electrons. The number of benzene rings is 1. The first-order chi connectivity index (χ1) is 12.3. The summed E-state index contributed by atoms with van der Waals surface area (Å²) in [6, 6.07) is 5.87. The monoisotopic (exact) mass is 348 g/mol. The smallest absolute Gasteiger partial charge is 0.191 e. The molecule has 1 heterocycles. The molecule has 0 saturated carbocycles. The van der Waals surface area contributed by atoms with E-state index in [-0.39, 0.29) is 0 Å². The molecule has 1 saturated heterocycles. The van der Waals surface area contributed by atoms with E-state index in [1.54, 1.807) is 14.2 Å². The van der Waals surface area contributed by atoms with Crippen LogP contribution >= 0.6 is 0 Å². The van der Waals surface area contributed by atoms with Crippen molar-refractivity contribution in [1.82, 2.24) is 15.5 Å². The fourth-order valence-corrected chi connectivity index (χ4v) is 3.10. The van der Waals surface area contributed by atoms with Gasteiger partial charge in [-0.3, -0.25) is 0 Å². The molecule has 1 aliphatic rings. The first-order valence-corrected chi connectivity index (χ1v) is 9.23. The zero-order chi connectivity index (χ0) is 17.9. The van der Waals surface area contributed by atoms with Gasteiger partial charge in [0, 0.05) is 25.2 Å². The van der Waals surface area contributed by atoms with Crippen molar-refractivity contribution in [1.29, 1.82) is 0 Å². The minimum Gasteiger partial charge on any atom is -0.493 e. The maximum atomic E-state index is 5.48. The zero-order valence-corrected chi connectivity index (χ0v) is 15.8. The van der Waals surface area contributed by atoms with Gasteiger partial charge in [-0.2, -0.15) is 0 Å². The summed E-state index contributed by atoms with van der Waals surface area (Å²) >= 11 is 0. The zero-order valence-electron chi connectivity index (χ0n) is 15.8. The van der Waals surface area contributed by atoms with Crippen LogP contribution in [0.2, 0.25) is 0 Å². The van der Waals surface area contributed by atoms with E-state index in [4.69, 9.17) is 14.5 Å². The summed E-state index contributed by atoms with van der Waals surface area (Å²) in [5.41, 5.74) is 1.01. The van der Waals surface area contributed by atoms with Gasteiger partial charge in [-0.05, 0) is 38.9 Å². The Bertz CT molecular complexity index is 542. The van der Waals surface area contributed by atoms with Gasteiger partial charge in [0.2, 0.25) is 0 Å². The summed E-state index contributed by atoms with van der Waals surface area (Å²) < 4.78 is 10.8. The molecule has 25 heavy (non-hydrogen) atoms. The van der Waals surface area contributed by atoms with E-state index < -0.39 is 0 Å². The number of guanidine groups is 1. The number of likely N-dealkylation sites (tertiary alicyclic amines) is 1. The fraction of sp³-hybridized carbons (Fsp3) is 0.632. The maximum Gasteiger partial charge on any atom is 0.191 e. The van der Waals surface area contributed by atoms with E-state index in [0.717, 1.165) is 42.7 Å². The van der Waals surface area contributed by atoms with Crippen molar-refractivity contribution >= 4 is 5.96 Å². The lowest BCUT2D eigenvalue weighted by atomic mass is 10.1. The first-order valence-electron chi connectivity index (χ1n) is 9.23. The largest absolute Gasteiger partial charge is 0.493 e. The van der Waals surface area contributed by atoms with E-state index in [1.807, 2.05) is 18.2 Å². The van der Waals surface area contributed by atoms with E-state index in [2.05, 4.69) is 22.5 Å². The molecule has 6 nitrogen and oxygen atoms in total. The van der Waals surface area contributed by atoms with Crippen molar-refractivity contribution in [3.05, 3.63) is 23.8 Å². The summed E-state index contributed by atoms with van der Waals surface area (Å²) in [5.74, 6) is 2.32. The van der Waals surface area contributed by atoms with Crippen LogP contribution in [0.3, 0.4) is 0 Å². The third-order valence-electron chi connectivity index (χ3n) is 4.41. The topological polar surface area (TPSA) is 58.1 Å². The molecule has 0 spiro atoms. The summed E-state index contributed by atoms with van der Waals surface area (Å²) in [6.45, 7) is 7.86. The first kappa shape index (κ1) is 19.4. The minimum absolute atomic E-state index is 0.541. The summed E-state index contributed by atoms with van der Waals surface area (Å²) in [4.78, 5) is 7.21. The molecule has 0 aromatic heterocycles. The molecule has 1 aromatic carbocycles. The Labute approximate surface area is 151 Å². The van der Waals surface area contributed by atoms with E-state index in [1.165, 1.54) is 32.4 Å². The lowest BCUT2D eigenvalue weighted by Gasteiger charge is -2.26. The van der Waals surface area contributed by atoms with Crippen LogP contribution in [-0.4, -0.2) is 57.8 Å². The Balaban J connectivity index is 1.92. The average Bonchev–Trinajstić information content (AvgIpc) is 2.66. The number of piperidine rings is 1. The second-order valence-electron chi connectivity index (χ2n) is 6.18. The van der Waals surface area contributed by atoms with Crippen LogP contribution in [0.5, 0.6) is 11.5 Å².